The van der Waals surface area contributed by atoms with E-state index in [1.807, 2.05) is 12.1 Å². The van der Waals surface area contributed by atoms with Crippen molar-refractivity contribution in [3.05, 3.63) is 63.7 Å². The zero-order valence-electron chi connectivity index (χ0n) is 11.9. The van der Waals surface area contributed by atoms with Gasteiger partial charge in [-0.1, -0.05) is 52.1 Å². The summed E-state index contributed by atoms with van der Waals surface area (Å²) in [5.74, 6) is 0.831. The van der Waals surface area contributed by atoms with Crippen molar-refractivity contribution in [2.45, 2.75) is 24.5 Å². The number of amidine groups is 1. The van der Waals surface area contributed by atoms with E-state index in [1.165, 1.54) is 16.7 Å². The summed E-state index contributed by atoms with van der Waals surface area (Å²) in [5, 5.41) is 12.4. The molecule has 0 aliphatic heterocycles. The molecule has 0 saturated heterocycles. The molecule has 0 saturated carbocycles. The van der Waals surface area contributed by atoms with Crippen LogP contribution in [0.3, 0.4) is 0 Å². The van der Waals surface area contributed by atoms with Gasteiger partial charge in [-0.3, -0.25) is 0 Å². The van der Waals surface area contributed by atoms with Gasteiger partial charge in [-0.05, 0) is 31.5 Å². The van der Waals surface area contributed by atoms with Crippen LogP contribution >= 0.6 is 23.4 Å². The molecule has 2 rings (SSSR count). The molecule has 0 aliphatic carbocycles. The molecule has 3 N–H and O–H groups in total. The molecular formula is C16H17ClN2OS. The quantitative estimate of drug-likeness (QED) is 0.289. The first-order valence-corrected chi connectivity index (χ1v) is 7.84. The Morgan fingerprint density at radius 3 is 2.52 bits per heavy atom. The molecule has 0 heterocycles. The number of hydrogen-bond acceptors (Lipinski definition) is 3. The molecular weight excluding hydrogens is 304 g/mol. The van der Waals surface area contributed by atoms with Crippen molar-refractivity contribution in [1.82, 2.24) is 0 Å². The van der Waals surface area contributed by atoms with Crippen molar-refractivity contribution in [2.24, 2.45) is 10.9 Å². The van der Waals surface area contributed by atoms with Gasteiger partial charge in [-0.2, -0.15) is 0 Å². The molecule has 0 spiro atoms. The minimum absolute atomic E-state index is 0.0310. The number of oxime groups is 1. The number of benzene rings is 2. The van der Waals surface area contributed by atoms with Crippen molar-refractivity contribution < 1.29 is 5.21 Å². The van der Waals surface area contributed by atoms with E-state index in [1.54, 1.807) is 17.8 Å². The van der Waals surface area contributed by atoms with E-state index in [0.29, 0.717) is 10.6 Å². The van der Waals surface area contributed by atoms with Crippen LogP contribution in [0.1, 0.15) is 22.3 Å². The number of aryl methyl sites for hydroxylation is 2. The van der Waals surface area contributed by atoms with Gasteiger partial charge in [0.15, 0.2) is 5.84 Å². The minimum atomic E-state index is 0.0310. The molecule has 0 aliphatic rings. The lowest BCUT2D eigenvalue weighted by Gasteiger charge is -2.10. The fraction of sp³-hybridized carbons (Fsp3) is 0.188. The predicted molar refractivity (Wildman–Crippen MR) is 89.4 cm³/mol. The number of halogens is 1. The van der Waals surface area contributed by atoms with Gasteiger partial charge in [-0.25, -0.2) is 0 Å². The summed E-state index contributed by atoms with van der Waals surface area (Å²) in [7, 11) is 0. The molecule has 0 atom stereocenters. The second kappa shape index (κ2) is 6.87. The molecule has 0 aromatic heterocycles. The maximum atomic E-state index is 8.89. The van der Waals surface area contributed by atoms with E-state index in [4.69, 9.17) is 22.5 Å². The summed E-state index contributed by atoms with van der Waals surface area (Å²) in [6.45, 7) is 4.17. The van der Waals surface area contributed by atoms with Crippen LogP contribution < -0.4 is 5.73 Å². The summed E-state index contributed by atoms with van der Waals surface area (Å²) in [5.41, 5.74) is 10.0. The predicted octanol–water partition coefficient (Wildman–Crippen LogP) is 4.34. The first-order chi connectivity index (χ1) is 10.0. The van der Waals surface area contributed by atoms with Crippen LogP contribution in [0.2, 0.25) is 5.02 Å². The molecule has 0 fully saturated rings. The maximum Gasteiger partial charge on any atom is 0.172 e. The maximum absolute atomic E-state index is 8.89. The van der Waals surface area contributed by atoms with Crippen molar-refractivity contribution in [3.63, 3.8) is 0 Å². The first-order valence-electron chi connectivity index (χ1n) is 6.47. The molecule has 0 unspecified atom stereocenters. The van der Waals surface area contributed by atoms with Crippen LogP contribution in [0.25, 0.3) is 0 Å². The second-order valence-corrected chi connectivity index (χ2v) is 6.31. The molecule has 110 valence electrons. The van der Waals surface area contributed by atoms with Gasteiger partial charge in [0, 0.05) is 10.6 Å². The van der Waals surface area contributed by atoms with Crippen LogP contribution in [0, 0.1) is 13.8 Å². The van der Waals surface area contributed by atoms with Gasteiger partial charge in [0.1, 0.15) is 0 Å². The fourth-order valence-electron chi connectivity index (χ4n) is 2.24. The summed E-state index contributed by atoms with van der Waals surface area (Å²) < 4.78 is 0. The van der Waals surface area contributed by atoms with Gasteiger partial charge >= 0.3 is 0 Å². The lowest BCUT2D eigenvalue weighted by Crippen LogP contribution is -2.14. The van der Waals surface area contributed by atoms with Crippen molar-refractivity contribution >= 4 is 29.2 Å². The van der Waals surface area contributed by atoms with E-state index in [2.05, 4.69) is 37.2 Å². The van der Waals surface area contributed by atoms with Crippen LogP contribution in [0.4, 0.5) is 0 Å². The molecule has 0 amide bonds. The highest BCUT2D eigenvalue weighted by atomic mass is 35.5. The number of nitrogens with zero attached hydrogens (tertiary/aromatic N) is 1. The molecule has 3 nitrogen and oxygen atoms in total. The highest BCUT2D eigenvalue weighted by Gasteiger charge is 2.12. The Bertz CT molecular complexity index is 666. The van der Waals surface area contributed by atoms with Crippen molar-refractivity contribution in [1.29, 1.82) is 0 Å². The largest absolute Gasteiger partial charge is 0.409 e. The van der Waals surface area contributed by atoms with Crippen molar-refractivity contribution in [3.8, 4) is 0 Å². The van der Waals surface area contributed by atoms with Crippen LogP contribution in [0.15, 0.2) is 46.4 Å². The van der Waals surface area contributed by atoms with Crippen LogP contribution in [0.5, 0.6) is 0 Å². The Labute approximate surface area is 133 Å². The SMILES string of the molecule is Cc1cc(C)cc(CSc2cccc(Cl)c2/C(N)=N/O)c1. The zero-order valence-corrected chi connectivity index (χ0v) is 13.5. The number of thioether (sulfide) groups is 1. The monoisotopic (exact) mass is 320 g/mol. The van der Waals surface area contributed by atoms with Crippen LogP contribution in [-0.2, 0) is 5.75 Å². The molecule has 21 heavy (non-hydrogen) atoms. The third-order valence-corrected chi connectivity index (χ3v) is 4.46. The topological polar surface area (TPSA) is 58.6 Å². The van der Waals surface area contributed by atoms with Gasteiger partial charge in [0.2, 0.25) is 0 Å². The average Bonchev–Trinajstić information content (AvgIpc) is 2.43. The van der Waals surface area contributed by atoms with Gasteiger partial charge in [0.25, 0.3) is 0 Å². The Kier molecular flexibility index (Phi) is 5.15. The Hall–Kier alpha value is -1.65. The lowest BCUT2D eigenvalue weighted by atomic mass is 10.1. The molecule has 5 heteroatoms. The first kappa shape index (κ1) is 15.7. The van der Waals surface area contributed by atoms with Gasteiger partial charge in [0.05, 0.1) is 10.6 Å². The van der Waals surface area contributed by atoms with Crippen molar-refractivity contribution in [2.75, 3.05) is 0 Å². The Morgan fingerprint density at radius 2 is 1.90 bits per heavy atom. The van der Waals surface area contributed by atoms with E-state index in [-0.39, 0.29) is 5.84 Å². The third-order valence-electron chi connectivity index (χ3n) is 3.02. The Balaban J connectivity index is 2.26. The average molecular weight is 321 g/mol. The number of hydrogen-bond donors (Lipinski definition) is 2. The van der Waals surface area contributed by atoms with E-state index in [0.717, 1.165) is 10.6 Å². The third kappa shape index (κ3) is 3.93. The molecule has 0 radical (unpaired) electrons. The highest BCUT2D eigenvalue weighted by molar-refractivity contribution is 7.98. The van der Waals surface area contributed by atoms with E-state index >= 15 is 0 Å². The van der Waals surface area contributed by atoms with Crippen LogP contribution in [-0.4, -0.2) is 11.0 Å². The number of rotatable bonds is 4. The molecule has 2 aromatic rings. The number of nitrogens with two attached hydrogens (primary N) is 1. The zero-order chi connectivity index (χ0) is 15.4. The van der Waals surface area contributed by atoms with E-state index in [9.17, 15) is 0 Å². The fourth-order valence-corrected chi connectivity index (χ4v) is 3.59. The van der Waals surface area contributed by atoms with Gasteiger partial charge < -0.3 is 10.9 Å². The van der Waals surface area contributed by atoms with E-state index < -0.39 is 0 Å². The normalized spacial score (nSPS) is 11.7. The summed E-state index contributed by atoms with van der Waals surface area (Å²) >= 11 is 7.77. The minimum Gasteiger partial charge on any atom is -0.409 e. The summed E-state index contributed by atoms with van der Waals surface area (Å²) in [4.78, 5) is 0.900. The Morgan fingerprint density at radius 1 is 1.24 bits per heavy atom. The summed E-state index contributed by atoms with van der Waals surface area (Å²) in [6.07, 6.45) is 0. The smallest absolute Gasteiger partial charge is 0.172 e. The highest BCUT2D eigenvalue weighted by Crippen LogP contribution is 2.31. The summed E-state index contributed by atoms with van der Waals surface area (Å²) in [6, 6.07) is 12.0. The lowest BCUT2D eigenvalue weighted by molar-refractivity contribution is 0.318. The molecule has 0 bridgehead atoms. The second-order valence-electron chi connectivity index (χ2n) is 4.88. The van der Waals surface area contributed by atoms with Gasteiger partial charge in [-0.15, -0.1) is 11.8 Å². The molecule has 2 aromatic carbocycles. The standard InChI is InChI=1S/C16H17ClN2OS/c1-10-6-11(2)8-12(7-10)9-21-14-5-3-4-13(17)15(14)16(18)19-20/h3-8,20H,9H2,1-2H3,(H2,18,19).